The van der Waals surface area contributed by atoms with Crippen LogP contribution in [0.3, 0.4) is 0 Å². The standard InChI is InChI=1S/C12H16FNO2/c1-3-7-14-12(15)9-5-6-11(16-4-2)10(13)8-9/h5-6,8H,3-4,7H2,1-2H3,(H,14,15). The fourth-order valence-electron chi connectivity index (χ4n) is 1.26. The van der Waals surface area contributed by atoms with E-state index in [0.717, 1.165) is 6.42 Å². The quantitative estimate of drug-likeness (QED) is 0.835. The molecule has 1 aromatic carbocycles. The Hall–Kier alpha value is -1.58. The lowest BCUT2D eigenvalue weighted by Gasteiger charge is -2.07. The molecule has 0 unspecified atom stereocenters. The molecule has 0 aliphatic heterocycles. The zero-order valence-electron chi connectivity index (χ0n) is 9.55. The first-order valence-electron chi connectivity index (χ1n) is 5.39. The van der Waals surface area contributed by atoms with Crippen molar-refractivity contribution >= 4 is 5.91 Å². The van der Waals surface area contributed by atoms with Gasteiger partial charge in [-0.2, -0.15) is 0 Å². The van der Waals surface area contributed by atoms with Crippen molar-refractivity contribution in [2.45, 2.75) is 20.3 Å². The normalized spacial score (nSPS) is 9.94. The third kappa shape index (κ3) is 3.22. The van der Waals surface area contributed by atoms with E-state index in [4.69, 9.17) is 4.74 Å². The highest BCUT2D eigenvalue weighted by Crippen LogP contribution is 2.18. The molecule has 0 bridgehead atoms. The van der Waals surface area contributed by atoms with E-state index in [1.54, 1.807) is 13.0 Å². The summed E-state index contributed by atoms with van der Waals surface area (Å²) in [6, 6.07) is 4.22. The molecule has 0 aliphatic rings. The number of halogens is 1. The Balaban J connectivity index is 2.76. The van der Waals surface area contributed by atoms with E-state index in [0.29, 0.717) is 18.7 Å². The van der Waals surface area contributed by atoms with E-state index in [1.807, 2.05) is 6.92 Å². The van der Waals surface area contributed by atoms with Gasteiger partial charge >= 0.3 is 0 Å². The number of hydrogen-bond donors (Lipinski definition) is 1. The Kier molecular flexibility index (Phi) is 4.76. The van der Waals surface area contributed by atoms with Gasteiger partial charge in [-0.3, -0.25) is 4.79 Å². The molecule has 0 spiro atoms. The third-order valence-electron chi connectivity index (χ3n) is 2.03. The molecular weight excluding hydrogens is 209 g/mol. The lowest BCUT2D eigenvalue weighted by atomic mass is 10.2. The molecule has 0 saturated carbocycles. The van der Waals surface area contributed by atoms with Gasteiger partial charge in [0.15, 0.2) is 11.6 Å². The second-order valence-corrected chi connectivity index (χ2v) is 3.33. The van der Waals surface area contributed by atoms with Gasteiger partial charge in [-0.25, -0.2) is 4.39 Å². The number of carbonyl (C=O) groups excluding carboxylic acids is 1. The molecule has 0 aromatic heterocycles. The number of ether oxygens (including phenoxy) is 1. The maximum Gasteiger partial charge on any atom is 0.251 e. The molecule has 1 amide bonds. The predicted molar refractivity (Wildman–Crippen MR) is 60.2 cm³/mol. The molecule has 1 rings (SSSR count). The molecule has 1 N–H and O–H groups in total. The van der Waals surface area contributed by atoms with Gasteiger partial charge in [0.25, 0.3) is 5.91 Å². The summed E-state index contributed by atoms with van der Waals surface area (Å²) in [5, 5.41) is 2.68. The summed E-state index contributed by atoms with van der Waals surface area (Å²) < 4.78 is 18.5. The minimum atomic E-state index is -0.508. The summed E-state index contributed by atoms with van der Waals surface area (Å²) in [4.78, 5) is 11.5. The number of nitrogens with one attached hydrogen (secondary N) is 1. The van der Waals surface area contributed by atoms with Gasteiger partial charge in [0.2, 0.25) is 0 Å². The first kappa shape index (κ1) is 12.5. The fraction of sp³-hybridized carbons (Fsp3) is 0.417. The van der Waals surface area contributed by atoms with Crippen molar-refractivity contribution in [3.63, 3.8) is 0 Å². The highest BCUT2D eigenvalue weighted by molar-refractivity contribution is 5.94. The molecule has 4 heteroatoms. The highest BCUT2D eigenvalue weighted by atomic mass is 19.1. The van der Waals surface area contributed by atoms with Gasteiger partial charge in [-0.05, 0) is 31.5 Å². The van der Waals surface area contributed by atoms with E-state index in [-0.39, 0.29) is 11.7 Å². The summed E-state index contributed by atoms with van der Waals surface area (Å²) in [5.41, 5.74) is 0.314. The Morgan fingerprint density at radius 1 is 1.44 bits per heavy atom. The van der Waals surface area contributed by atoms with Crippen LogP contribution in [0.4, 0.5) is 4.39 Å². The van der Waals surface area contributed by atoms with Crippen molar-refractivity contribution in [1.82, 2.24) is 5.32 Å². The van der Waals surface area contributed by atoms with E-state index < -0.39 is 5.82 Å². The Morgan fingerprint density at radius 3 is 2.75 bits per heavy atom. The molecule has 1 aromatic rings. The summed E-state index contributed by atoms with van der Waals surface area (Å²) in [6.45, 7) is 4.73. The monoisotopic (exact) mass is 225 g/mol. The van der Waals surface area contributed by atoms with Gasteiger partial charge in [-0.1, -0.05) is 6.92 Å². The van der Waals surface area contributed by atoms with Crippen LogP contribution in [0.2, 0.25) is 0 Å². The average molecular weight is 225 g/mol. The van der Waals surface area contributed by atoms with Gasteiger partial charge in [0.1, 0.15) is 0 Å². The molecule has 88 valence electrons. The second-order valence-electron chi connectivity index (χ2n) is 3.33. The minimum Gasteiger partial charge on any atom is -0.491 e. The van der Waals surface area contributed by atoms with E-state index in [1.165, 1.54) is 12.1 Å². The predicted octanol–water partition coefficient (Wildman–Crippen LogP) is 2.36. The maximum atomic E-state index is 13.4. The number of hydrogen-bond acceptors (Lipinski definition) is 2. The van der Waals surface area contributed by atoms with Gasteiger partial charge in [-0.15, -0.1) is 0 Å². The molecule has 0 fully saturated rings. The Labute approximate surface area is 94.6 Å². The van der Waals surface area contributed by atoms with Gasteiger partial charge in [0.05, 0.1) is 6.61 Å². The molecule has 0 aliphatic carbocycles. The molecule has 0 saturated heterocycles. The summed E-state index contributed by atoms with van der Waals surface area (Å²) >= 11 is 0. The van der Waals surface area contributed by atoms with Crippen molar-refractivity contribution in [3.8, 4) is 5.75 Å². The lowest BCUT2D eigenvalue weighted by molar-refractivity contribution is 0.0953. The van der Waals surface area contributed by atoms with Crippen LogP contribution in [-0.2, 0) is 0 Å². The van der Waals surface area contributed by atoms with E-state index in [2.05, 4.69) is 5.32 Å². The van der Waals surface area contributed by atoms with Crippen molar-refractivity contribution in [1.29, 1.82) is 0 Å². The first-order valence-corrected chi connectivity index (χ1v) is 5.39. The van der Waals surface area contributed by atoms with Crippen LogP contribution in [0, 0.1) is 5.82 Å². The Morgan fingerprint density at radius 2 is 2.19 bits per heavy atom. The molecule has 0 atom stereocenters. The Bertz CT molecular complexity index is 366. The van der Waals surface area contributed by atoms with Gasteiger partial charge in [0, 0.05) is 12.1 Å². The molecular formula is C12H16FNO2. The van der Waals surface area contributed by atoms with E-state index in [9.17, 15) is 9.18 Å². The highest BCUT2D eigenvalue weighted by Gasteiger charge is 2.09. The summed E-state index contributed by atoms with van der Waals surface area (Å²) in [5.74, 6) is -0.593. The molecule has 3 nitrogen and oxygen atoms in total. The average Bonchev–Trinajstić information content (AvgIpc) is 2.29. The lowest BCUT2D eigenvalue weighted by Crippen LogP contribution is -2.24. The van der Waals surface area contributed by atoms with Crippen LogP contribution >= 0.6 is 0 Å². The van der Waals surface area contributed by atoms with Crippen LogP contribution in [0.5, 0.6) is 5.75 Å². The number of amides is 1. The van der Waals surface area contributed by atoms with Crippen LogP contribution < -0.4 is 10.1 Å². The zero-order chi connectivity index (χ0) is 12.0. The first-order chi connectivity index (χ1) is 7.69. The molecule has 0 radical (unpaired) electrons. The fourth-order valence-corrected chi connectivity index (χ4v) is 1.26. The summed E-state index contributed by atoms with van der Waals surface area (Å²) in [6.07, 6.45) is 0.852. The van der Waals surface area contributed by atoms with Crippen LogP contribution in [0.1, 0.15) is 30.6 Å². The molecule has 0 heterocycles. The van der Waals surface area contributed by atoms with Crippen LogP contribution in [0.25, 0.3) is 0 Å². The number of rotatable bonds is 5. The number of carbonyl (C=O) groups is 1. The summed E-state index contributed by atoms with van der Waals surface area (Å²) in [7, 11) is 0. The van der Waals surface area contributed by atoms with Crippen molar-refractivity contribution < 1.29 is 13.9 Å². The van der Waals surface area contributed by atoms with Crippen LogP contribution in [0.15, 0.2) is 18.2 Å². The third-order valence-corrected chi connectivity index (χ3v) is 2.03. The molecule has 16 heavy (non-hydrogen) atoms. The maximum absolute atomic E-state index is 13.4. The van der Waals surface area contributed by atoms with Crippen molar-refractivity contribution in [2.75, 3.05) is 13.2 Å². The largest absolute Gasteiger partial charge is 0.491 e. The van der Waals surface area contributed by atoms with E-state index >= 15 is 0 Å². The zero-order valence-corrected chi connectivity index (χ0v) is 9.55. The second kappa shape index (κ2) is 6.10. The minimum absolute atomic E-state index is 0.176. The smallest absolute Gasteiger partial charge is 0.251 e. The topological polar surface area (TPSA) is 38.3 Å². The van der Waals surface area contributed by atoms with Crippen molar-refractivity contribution in [2.24, 2.45) is 0 Å². The SMILES string of the molecule is CCCNC(=O)c1ccc(OCC)c(F)c1. The van der Waals surface area contributed by atoms with Gasteiger partial charge < -0.3 is 10.1 Å². The van der Waals surface area contributed by atoms with Crippen LogP contribution in [-0.4, -0.2) is 19.1 Å². The van der Waals surface area contributed by atoms with Crippen molar-refractivity contribution in [3.05, 3.63) is 29.6 Å². The number of benzene rings is 1.